The minimum absolute atomic E-state index is 0.0977. The number of aryl methyl sites for hydroxylation is 1. The van der Waals surface area contributed by atoms with Crippen molar-refractivity contribution in [2.45, 2.75) is 120 Å². The van der Waals surface area contributed by atoms with E-state index in [1.165, 1.54) is 101 Å². The molecule has 3 aromatic rings. The Morgan fingerprint density at radius 2 is 1.05 bits per heavy atom. The normalized spacial score (nSPS) is 12.0. The third kappa shape index (κ3) is 12.6. The largest absolute Gasteiger partial charge is 0.494 e. The summed E-state index contributed by atoms with van der Waals surface area (Å²) in [7, 11) is 0. The van der Waals surface area contributed by atoms with E-state index < -0.39 is 17.6 Å². The van der Waals surface area contributed by atoms with Crippen molar-refractivity contribution < 1.29 is 22.3 Å². The van der Waals surface area contributed by atoms with Crippen molar-refractivity contribution >= 4 is 11.8 Å². The fourth-order valence-corrected chi connectivity index (χ4v) is 5.85. The quantitative estimate of drug-likeness (QED) is 0.0669. The second-order valence-corrected chi connectivity index (χ2v) is 12.8. The minimum atomic E-state index is -4.23. The van der Waals surface area contributed by atoms with Gasteiger partial charge in [0, 0.05) is 11.3 Å². The first kappa shape index (κ1) is 35.0. The van der Waals surface area contributed by atoms with Crippen LogP contribution < -0.4 is 4.74 Å². The Hall–Kier alpha value is -2.47. The molecule has 0 fully saturated rings. The molecule has 1 nitrogen and oxygen atoms in total. The lowest BCUT2D eigenvalue weighted by atomic mass is 10.0. The SMILES string of the molecule is CCCCCCCCCCCCCCCOc1ccc(-c2ccc(CC(F)(F)C(F)(F)Sc3ccc(C)cc3)cc2)cc1. The van der Waals surface area contributed by atoms with Gasteiger partial charge in [-0.1, -0.05) is 138 Å². The molecule has 236 valence electrons. The van der Waals surface area contributed by atoms with Gasteiger partial charge in [-0.25, -0.2) is 0 Å². The molecular weight excluding hydrogens is 568 g/mol. The Balaban J connectivity index is 1.33. The molecule has 0 radical (unpaired) electrons. The standard InChI is InChI=1S/C37H48F4OS/c1-3-4-5-6-7-8-9-10-11-12-13-14-15-28-42-34-24-22-33(23-25-34)32-20-18-31(19-21-32)29-36(38,39)37(40,41)43-35-26-16-30(2)17-27-35/h16-27H,3-15,28-29H2,1-2H3. The van der Waals surface area contributed by atoms with Crippen molar-refractivity contribution in [1.29, 1.82) is 0 Å². The van der Waals surface area contributed by atoms with E-state index >= 15 is 0 Å². The van der Waals surface area contributed by atoms with Gasteiger partial charge >= 0.3 is 11.2 Å². The monoisotopic (exact) mass is 616 g/mol. The number of ether oxygens (including phenoxy) is 1. The molecule has 0 spiro atoms. The van der Waals surface area contributed by atoms with Gasteiger partial charge in [-0.15, -0.1) is 0 Å². The lowest BCUT2D eigenvalue weighted by molar-refractivity contribution is -0.150. The number of halogens is 4. The highest BCUT2D eigenvalue weighted by molar-refractivity contribution is 8.00. The third-order valence-electron chi connectivity index (χ3n) is 7.78. The molecule has 0 saturated carbocycles. The molecule has 0 aromatic heterocycles. The number of hydrogen-bond acceptors (Lipinski definition) is 2. The number of alkyl halides is 4. The van der Waals surface area contributed by atoms with E-state index in [1.807, 2.05) is 31.2 Å². The molecule has 6 heteroatoms. The number of rotatable bonds is 21. The van der Waals surface area contributed by atoms with Crippen molar-refractivity contribution in [2.75, 3.05) is 6.61 Å². The summed E-state index contributed by atoms with van der Waals surface area (Å²) in [6, 6.07) is 20.2. The Morgan fingerprint density at radius 1 is 0.581 bits per heavy atom. The highest BCUT2D eigenvalue weighted by atomic mass is 32.2. The van der Waals surface area contributed by atoms with Gasteiger partial charge in [-0.2, -0.15) is 17.6 Å². The molecule has 0 amide bonds. The molecular formula is C37H48F4OS. The summed E-state index contributed by atoms with van der Waals surface area (Å²) in [4.78, 5) is 0.113. The van der Waals surface area contributed by atoms with Crippen molar-refractivity contribution in [3.8, 4) is 16.9 Å². The molecule has 0 N–H and O–H groups in total. The first-order valence-corrected chi connectivity index (χ1v) is 16.9. The van der Waals surface area contributed by atoms with Gasteiger partial charge < -0.3 is 4.74 Å². The van der Waals surface area contributed by atoms with Crippen LogP contribution in [-0.4, -0.2) is 17.8 Å². The van der Waals surface area contributed by atoms with Crippen LogP contribution in [0.4, 0.5) is 17.6 Å². The number of hydrogen-bond donors (Lipinski definition) is 0. The predicted molar refractivity (Wildman–Crippen MR) is 174 cm³/mol. The Morgan fingerprint density at radius 3 is 1.56 bits per heavy atom. The van der Waals surface area contributed by atoms with Crippen LogP contribution in [0.2, 0.25) is 0 Å². The molecule has 0 heterocycles. The Labute approximate surface area is 260 Å². The number of unbranched alkanes of at least 4 members (excludes halogenated alkanes) is 12. The van der Waals surface area contributed by atoms with Crippen LogP contribution in [0.3, 0.4) is 0 Å². The first-order chi connectivity index (χ1) is 20.7. The van der Waals surface area contributed by atoms with Crippen LogP contribution in [0.25, 0.3) is 11.1 Å². The molecule has 0 bridgehead atoms. The second kappa shape index (κ2) is 18.4. The van der Waals surface area contributed by atoms with Crippen molar-refractivity contribution in [3.05, 3.63) is 83.9 Å². The van der Waals surface area contributed by atoms with Gasteiger partial charge in [0.15, 0.2) is 0 Å². The summed E-state index contributed by atoms with van der Waals surface area (Å²) in [5, 5.41) is -4.23. The zero-order valence-corrected chi connectivity index (χ0v) is 26.7. The molecule has 3 aromatic carbocycles. The van der Waals surface area contributed by atoms with Gasteiger partial charge in [0.2, 0.25) is 0 Å². The number of benzene rings is 3. The van der Waals surface area contributed by atoms with Gasteiger partial charge in [-0.3, -0.25) is 0 Å². The molecule has 0 aliphatic heterocycles. The van der Waals surface area contributed by atoms with Crippen LogP contribution in [0.1, 0.15) is 102 Å². The van der Waals surface area contributed by atoms with E-state index in [0.717, 1.165) is 28.9 Å². The van der Waals surface area contributed by atoms with E-state index in [4.69, 9.17) is 4.74 Å². The summed E-state index contributed by atoms with van der Waals surface area (Å²) in [6.07, 6.45) is 16.1. The van der Waals surface area contributed by atoms with Gasteiger partial charge in [0.05, 0.1) is 6.61 Å². The van der Waals surface area contributed by atoms with Gasteiger partial charge in [0.25, 0.3) is 0 Å². The number of thioether (sulfide) groups is 1. The maximum Gasteiger partial charge on any atom is 0.360 e. The van der Waals surface area contributed by atoms with E-state index in [9.17, 15) is 17.6 Å². The lowest BCUT2D eigenvalue weighted by Crippen LogP contribution is -2.39. The maximum absolute atomic E-state index is 14.6. The fourth-order valence-electron chi connectivity index (χ4n) is 5.06. The van der Waals surface area contributed by atoms with Crippen molar-refractivity contribution in [1.82, 2.24) is 0 Å². The second-order valence-electron chi connectivity index (χ2n) is 11.6. The molecule has 0 aliphatic rings. The first-order valence-electron chi connectivity index (χ1n) is 16.0. The zero-order chi connectivity index (χ0) is 31.0. The molecule has 0 unspecified atom stereocenters. The summed E-state index contributed by atoms with van der Waals surface area (Å²) < 4.78 is 64.2. The smallest absolute Gasteiger partial charge is 0.360 e. The van der Waals surface area contributed by atoms with E-state index in [2.05, 4.69) is 6.92 Å². The fraction of sp³-hybridized carbons (Fsp3) is 0.514. The van der Waals surface area contributed by atoms with Crippen molar-refractivity contribution in [2.24, 2.45) is 0 Å². The van der Waals surface area contributed by atoms with E-state index in [0.29, 0.717) is 6.61 Å². The molecule has 0 saturated heterocycles. The maximum atomic E-state index is 14.6. The summed E-state index contributed by atoms with van der Waals surface area (Å²) in [6.45, 7) is 4.76. The highest BCUT2D eigenvalue weighted by Gasteiger charge is 2.56. The van der Waals surface area contributed by atoms with Gasteiger partial charge in [-0.05, 0) is 66.1 Å². The molecule has 3 rings (SSSR count). The van der Waals surface area contributed by atoms with Crippen LogP contribution in [0, 0.1) is 6.92 Å². The minimum Gasteiger partial charge on any atom is -0.494 e. The van der Waals surface area contributed by atoms with E-state index in [1.54, 1.807) is 24.3 Å². The van der Waals surface area contributed by atoms with E-state index in [-0.39, 0.29) is 22.2 Å². The molecule has 0 aliphatic carbocycles. The zero-order valence-electron chi connectivity index (χ0n) is 25.9. The van der Waals surface area contributed by atoms with Crippen LogP contribution in [0.5, 0.6) is 5.75 Å². The molecule has 0 atom stereocenters. The van der Waals surface area contributed by atoms with Crippen LogP contribution >= 0.6 is 11.8 Å². The average Bonchev–Trinajstić information content (AvgIpc) is 2.99. The third-order valence-corrected chi connectivity index (χ3v) is 8.84. The molecule has 43 heavy (non-hydrogen) atoms. The Kier molecular flexibility index (Phi) is 15.0. The summed E-state index contributed by atoms with van der Waals surface area (Å²) in [5.41, 5.74) is 2.78. The summed E-state index contributed by atoms with van der Waals surface area (Å²) >= 11 is -0.0977. The Bertz CT molecular complexity index is 1160. The summed E-state index contributed by atoms with van der Waals surface area (Å²) in [5.74, 6) is -3.40. The predicted octanol–water partition coefficient (Wildman–Crippen LogP) is 12.7. The lowest BCUT2D eigenvalue weighted by Gasteiger charge is -2.26. The highest BCUT2D eigenvalue weighted by Crippen LogP contribution is 2.48. The van der Waals surface area contributed by atoms with Crippen molar-refractivity contribution in [3.63, 3.8) is 0 Å². The topological polar surface area (TPSA) is 9.23 Å². The average molecular weight is 617 g/mol. The van der Waals surface area contributed by atoms with Crippen LogP contribution in [-0.2, 0) is 6.42 Å². The van der Waals surface area contributed by atoms with Crippen LogP contribution in [0.15, 0.2) is 77.7 Å². The van der Waals surface area contributed by atoms with Gasteiger partial charge in [0.1, 0.15) is 5.75 Å².